The van der Waals surface area contributed by atoms with E-state index >= 15 is 0 Å². The summed E-state index contributed by atoms with van der Waals surface area (Å²) in [6, 6.07) is 20.3. The number of hydrogen-bond donors (Lipinski definition) is 0. The minimum Gasteiger partial charge on any atom is -0.116 e. The van der Waals surface area contributed by atoms with Crippen molar-refractivity contribution in [1.82, 2.24) is 0 Å². The molecule has 0 N–H and O–H groups in total. The van der Waals surface area contributed by atoms with E-state index < -0.39 is 0 Å². The molecule has 2 atom stereocenters. The van der Waals surface area contributed by atoms with Crippen molar-refractivity contribution >= 4 is 27.5 Å². The van der Waals surface area contributed by atoms with Crippen molar-refractivity contribution in [2.75, 3.05) is 0 Å². The molecule has 0 amide bonds. The predicted octanol–water partition coefficient (Wildman–Crippen LogP) is 5.10. The Morgan fingerprint density at radius 3 is 1.69 bits per heavy atom. The highest BCUT2D eigenvalue weighted by Crippen LogP contribution is 2.40. The quantitative estimate of drug-likeness (QED) is 0.691. The van der Waals surface area contributed by atoms with Gasteiger partial charge in [-0.2, -0.15) is 0 Å². The number of hydrogen-bond acceptors (Lipinski definition) is 0. The third-order valence-electron chi connectivity index (χ3n) is 2.49. The van der Waals surface area contributed by atoms with Crippen LogP contribution in [-0.4, -0.2) is 0 Å². The Morgan fingerprint density at radius 1 is 0.750 bits per heavy atom. The molecule has 82 valence electrons. The first-order valence-electron chi connectivity index (χ1n) is 5.17. The lowest BCUT2D eigenvalue weighted by Gasteiger charge is -2.17. The van der Waals surface area contributed by atoms with Gasteiger partial charge in [0.25, 0.3) is 0 Å². The van der Waals surface area contributed by atoms with Gasteiger partial charge in [-0.05, 0) is 11.1 Å². The SMILES string of the molecule is Cl[C@@H](c1ccccc1)[C@@H](Br)c1ccccc1. The van der Waals surface area contributed by atoms with Crippen molar-refractivity contribution < 1.29 is 0 Å². The number of rotatable bonds is 3. The van der Waals surface area contributed by atoms with Crippen LogP contribution in [0.2, 0.25) is 0 Å². The van der Waals surface area contributed by atoms with Crippen LogP contribution in [0.1, 0.15) is 21.3 Å². The summed E-state index contributed by atoms with van der Waals surface area (Å²) in [4.78, 5) is 0.137. The maximum absolute atomic E-state index is 6.44. The minimum atomic E-state index is -0.0522. The molecule has 0 aliphatic heterocycles. The summed E-state index contributed by atoms with van der Waals surface area (Å²) in [6.07, 6.45) is 0. The zero-order chi connectivity index (χ0) is 11.4. The lowest BCUT2D eigenvalue weighted by atomic mass is 10.0. The van der Waals surface area contributed by atoms with Gasteiger partial charge < -0.3 is 0 Å². The highest BCUT2D eigenvalue weighted by Gasteiger charge is 2.19. The van der Waals surface area contributed by atoms with Crippen LogP contribution in [0.15, 0.2) is 60.7 Å². The lowest BCUT2D eigenvalue weighted by Crippen LogP contribution is -1.99. The Morgan fingerprint density at radius 2 is 1.19 bits per heavy atom. The molecule has 2 rings (SSSR count). The summed E-state index contributed by atoms with van der Waals surface area (Å²) in [5, 5.41) is -0.0522. The van der Waals surface area contributed by atoms with Gasteiger partial charge in [0.05, 0.1) is 10.2 Å². The van der Waals surface area contributed by atoms with Crippen LogP contribution >= 0.6 is 27.5 Å². The average molecular weight is 296 g/mol. The largest absolute Gasteiger partial charge is 0.116 e. The Balaban J connectivity index is 2.20. The van der Waals surface area contributed by atoms with Gasteiger partial charge in [-0.3, -0.25) is 0 Å². The van der Waals surface area contributed by atoms with Crippen LogP contribution in [0.5, 0.6) is 0 Å². The van der Waals surface area contributed by atoms with Crippen LogP contribution in [0, 0.1) is 0 Å². The molecule has 0 saturated heterocycles. The molecule has 16 heavy (non-hydrogen) atoms. The molecule has 0 heterocycles. The summed E-state index contributed by atoms with van der Waals surface area (Å²) in [7, 11) is 0. The molecule has 0 spiro atoms. The molecule has 0 aromatic heterocycles. The van der Waals surface area contributed by atoms with Crippen molar-refractivity contribution in [1.29, 1.82) is 0 Å². The van der Waals surface area contributed by atoms with Crippen LogP contribution in [0.25, 0.3) is 0 Å². The first-order valence-corrected chi connectivity index (χ1v) is 6.52. The topological polar surface area (TPSA) is 0 Å². The molecular formula is C14H12BrCl. The summed E-state index contributed by atoms with van der Waals surface area (Å²) in [5.74, 6) is 0. The highest BCUT2D eigenvalue weighted by molar-refractivity contribution is 9.09. The van der Waals surface area contributed by atoms with E-state index in [4.69, 9.17) is 11.6 Å². The Kier molecular flexibility index (Phi) is 4.03. The third-order valence-corrected chi connectivity index (χ3v) is 4.36. The van der Waals surface area contributed by atoms with Crippen molar-refractivity contribution in [3.63, 3.8) is 0 Å². The molecule has 0 aliphatic carbocycles. The van der Waals surface area contributed by atoms with Gasteiger partial charge in [-0.15, -0.1) is 11.6 Å². The second kappa shape index (κ2) is 5.51. The summed E-state index contributed by atoms with van der Waals surface area (Å²) < 4.78 is 0. The fourth-order valence-corrected chi connectivity index (χ4v) is 2.51. The maximum Gasteiger partial charge on any atom is 0.0751 e. The van der Waals surface area contributed by atoms with E-state index in [0.29, 0.717) is 0 Å². The molecular weight excluding hydrogens is 284 g/mol. The highest BCUT2D eigenvalue weighted by atomic mass is 79.9. The Labute approximate surface area is 109 Å². The molecule has 0 unspecified atom stereocenters. The molecule has 2 aromatic carbocycles. The summed E-state index contributed by atoms with van der Waals surface area (Å²) >= 11 is 10.1. The van der Waals surface area contributed by atoms with Crippen LogP contribution in [-0.2, 0) is 0 Å². The molecule has 0 aliphatic rings. The van der Waals surface area contributed by atoms with Gasteiger partial charge in [-0.25, -0.2) is 0 Å². The predicted molar refractivity (Wildman–Crippen MR) is 73.1 cm³/mol. The smallest absolute Gasteiger partial charge is 0.0751 e. The van der Waals surface area contributed by atoms with E-state index in [2.05, 4.69) is 40.2 Å². The normalized spacial score (nSPS) is 14.4. The van der Waals surface area contributed by atoms with Gasteiger partial charge >= 0.3 is 0 Å². The molecule has 0 saturated carbocycles. The fraction of sp³-hybridized carbons (Fsp3) is 0.143. The van der Waals surface area contributed by atoms with Gasteiger partial charge in [0.2, 0.25) is 0 Å². The van der Waals surface area contributed by atoms with E-state index in [-0.39, 0.29) is 10.2 Å². The number of halogens is 2. The number of alkyl halides is 2. The van der Waals surface area contributed by atoms with E-state index in [1.165, 1.54) is 5.56 Å². The van der Waals surface area contributed by atoms with Gasteiger partial charge in [0, 0.05) is 0 Å². The zero-order valence-corrected chi connectivity index (χ0v) is 11.0. The Hall–Kier alpha value is -0.790. The standard InChI is InChI=1S/C14H12BrCl/c15-13(11-7-3-1-4-8-11)14(16)12-9-5-2-6-10-12/h1-10,13-14H/t13-,14-/m0/s1. The summed E-state index contributed by atoms with van der Waals surface area (Å²) in [5.41, 5.74) is 2.33. The van der Waals surface area contributed by atoms with Crippen LogP contribution < -0.4 is 0 Å². The second-order valence-electron chi connectivity index (χ2n) is 3.62. The monoisotopic (exact) mass is 294 g/mol. The fourth-order valence-electron chi connectivity index (χ4n) is 1.61. The van der Waals surface area contributed by atoms with Crippen molar-refractivity contribution in [3.8, 4) is 0 Å². The second-order valence-corrected chi connectivity index (χ2v) is 5.08. The average Bonchev–Trinajstić information content (AvgIpc) is 2.39. The first kappa shape index (κ1) is 11.7. The van der Waals surface area contributed by atoms with E-state index in [1.807, 2.05) is 36.4 Å². The van der Waals surface area contributed by atoms with Crippen LogP contribution in [0.4, 0.5) is 0 Å². The van der Waals surface area contributed by atoms with Crippen molar-refractivity contribution in [2.24, 2.45) is 0 Å². The molecule has 0 radical (unpaired) electrons. The molecule has 0 fully saturated rings. The van der Waals surface area contributed by atoms with Gasteiger partial charge in [-0.1, -0.05) is 76.6 Å². The van der Waals surface area contributed by atoms with E-state index in [9.17, 15) is 0 Å². The van der Waals surface area contributed by atoms with E-state index in [1.54, 1.807) is 0 Å². The Bertz CT molecular complexity index is 384. The zero-order valence-electron chi connectivity index (χ0n) is 8.68. The van der Waals surface area contributed by atoms with Crippen molar-refractivity contribution in [3.05, 3.63) is 71.8 Å². The third kappa shape index (κ3) is 2.66. The first-order chi connectivity index (χ1) is 7.79. The van der Waals surface area contributed by atoms with Gasteiger partial charge in [0.15, 0.2) is 0 Å². The molecule has 0 nitrogen and oxygen atoms in total. The lowest BCUT2D eigenvalue weighted by molar-refractivity contribution is 0.909. The molecule has 2 aromatic rings. The molecule has 0 bridgehead atoms. The van der Waals surface area contributed by atoms with Crippen molar-refractivity contribution in [2.45, 2.75) is 10.2 Å². The van der Waals surface area contributed by atoms with Gasteiger partial charge in [0.1, 0.15) is 0 Å². The maximum atomic E-state index is 6.44. The molecule has 2 heteroatoms. The number of benzene rings is 2. The summed E-state index contributed by atoms with van der Waals surface area (Å²) in [6.45, 7) is 0. The van der Waals surface area contributed by atoms with Crippen LogP contribution in [0.3, 0.4) is 0 Å². The minimum absolute atomic E-state index is 0.0522. The van der Waals surface area contributed by atoms with E-state index in [0.717, 1.165) is 5.56 Å².